The highest BCUT2D eigenvalue weighted by Crippen LogP contribution is 2.21. The van der Waals surface area contributed by atoms with Crippen LogP contribution in [0.1, 0.15) is 18.7 Å². The Morgan fingerprint density at radius 1 is 1.48 bits per heavy atom. The van der Waals surface area contributed by atoms with Crippen LogP contribution >= 0.6 is 11.3 Å². The number of carboxylic acid groups (broad SMARTS) is 1. The molecular formula is C13H15N3O4S. The highest BCUT2D eigenvalue weighted by atomic mass is 32.1. The molecule has 2 aromatic heterocycles. The molecule has 0 aliphatic carbocycles. The molecule has 0 spiro atoms. The van der Waals surface area contributed by atoms with Gasteiger partial charge in [0.25, 0.3) is 0 Å². The Morgan fingerprint density at radius 3 is 2.95 bits per heavy atom. The number of likely N-dealkylation sites (N-methyl/N-ethyl adjacent to an activating group) is 1. The lowest BCUT2D eigenvalue weighted by atomic mass is 10.2. The van der Waals surface area contributed by atoms with E-state index in [9.17, 15) is 9.59 Å². The van der Waals surface area contributed by atoms with Gasteiger partial charge >= 0.3 is 5.97 Å². The topological polar surface area (TPSA) is 96.5 Å². The van der Waals surface area contributed by atoms with E-state index < -0.39 is 5.97 Å². The molecule has 2 rings (SSSR count). The van der Waals surface area contributed by atoms with Gasteiger partial charge in [-0.3, -0.25) is 9.59 Å². The maximum atomic E-state index is 11.7. The number of aromatic nitrogens is 2. The van der Waals surface area contributed by atoms with Crippen molar-refractivity contribution in [3.05, 3.63) is 23.4 Å². The van der Waals surface area contributed by atoms with Crippen LogP contribution in [-0.4, -0.2) is 45.6 Å². The highest BCUT2D eigenvalue weighted by molar-refractivity contribution is 7.13. The van der Waals surface area contributed by atoms with E-state index in [4.69, 9.17) is 9.63 Å². The van der Waals surface area contributed by atoms with Crippen LogP contribution in [0.3, 0.4) is 0 Å². The van der Waals surface area contributed by atoms with E-state index in [1.165, 1.54) is 23.3 Å². The lowest BCUT2D eigenvalue weighted by Gasteiger charge is -2.13. The van der Waals surface area contributed by atoms with Gasteiger partial charge in [0, 0.05) is 19.9 Å². The Kier molecular flexibility index (Phi) is 5.04. The van der Waals surface area contributed by atoms with E-state index >= 15 is 0 Å². The van der Waals surface area contributed by atoms with Crippen molar-refractivity contribution in [2.75, 3.05) is 13.6 Å². The van der Waals surface area contributed by atoms with E-state index in [0.717, 1.165) is 4.88 Å². The van der Waals surface area contributed by atoms with E-state index in [2.05, 4.69) is 10.1 Å². The number of nitrogens with zero attached hydrogens (tertiary/aromatic N) is 3. The smallest absolute Gasteiger partial charge is 0.323 e. The lowest BCUT2D eigenvalue weighted by molar-refractivity contribution is -0.143. The summed E-state index contributed by atoms with van der Waals surface area (Å²) in [6.07, 6.45) is 1.28. The van der Waals surface area contributed by atoms with Gasteiger partial charge in [0.2, 0.25) is 17.6 Å². The minimum Gasteiger partial charge on any atom is -0.480 e. The molecule has 0 fully saturated rings. The zero-order valence-electron chi connectivity index (χ0n) is 11.5. The summed E-state index contributed by atoms with van der Waals surface area (Å²) in [5, 5.41) is 14.4. The van der Waals surface area contributed by atoms with Gasteiger partial charge in [-0.25, -0.2) is 0 Å². The predicted octanol–water partition coefficient (Wildman–Crippen LogP) is 1.66. The summed E-state index contributed by atoms with van der Waals surface area (Å²) in [5.74, 6) is -0.208. The van der Waals surface area contributed by atoms with Gasteiger partial charge in [-0.1, -0.05) is 11.2 Å². The Morgan fingerprint density at radius 2 is 2.29 bits per heavy atom. The number of amides is 1. The maximum Gasteiger partial charge on any atom is 0.323 e. The average molecular weight is 309 g/mol. The quantitative estimate of drug-likeness (QED) is 0.835. The molecule has 2 heterocycles. The van der Waals surface area contributed by atoms with Gasteiger partial charge in [-0.05, 0) is 17.9 Å². The van der Waals surface area contributed by atoms with Crippen LogP contribution in [0.4, 0.5) is 0 Å². The van der Waals surface area contributed by atoms with Crippen LogP contribution in [0, 0.1) is 0 Å². The second kappa shape index (κ2) is 6.98. The predicted molar refractivity (Wildman–Crippen MR) is 75.8 cm³/mol. The van der Waals surface area contributed by atoms with Crippen LogP contribution in [0.2, 0.25) is 0 Å². The molecule has 1 N–H and O–H groups in total. The van der Waals surface area contributed by atoms with Crippen molar-refractivity contribution < 1.29 is 19.2 Å². The van der Waals surface area contributed by atoms with Crippen LogP contribution in [0.15, 0.2) is 22.0 Å². The second-order valence-corrected chi connectivity index (χ2v) is 5.43. The van der Waals surface area contributed by atoms with Gasteiger partial charge in [-0.15, -0.1) is 11.3 Å². The van der Waals surface area contributed by atoms with Gasteiger partial charge in [0.05, 0.1) is 4.88 Å². The third-order valence-electron chi connectivity index (χ3n) is 2.79. The molecule has 0 saturated heterocycles. The van der Waals surface area contributed by atoms with Crippen molar-refractivity contribution in [3.8, 4) is 10.7 Å². The van der Waals surface area contributed by atoms with Crippen LogP contribution in [0.25, 0.3) is 10.7 Å². The van der Waals surface area contributed by atoms with Gasteiger partial charge in [0.15, 0.2) is 0 Å². The monoisotopic (exact) mass is 309 g/mol. The van der Waals surface area contributed by atoms with Crippen LogP contribution in [0.5, 0.6) is 0 Å². The molecule has 7 nitrogen and oxygen atoms in total. The third-order valence-corrected chi connectivity index (χ3v) is 3.65. The standard InChI is InChI=1S/C13H15N3O4S/c1-16(8-12(18)19)11(17)6-2-5-10-14-13(15-20-10)9-4-3-7-21-9/h3-4,7H,2,5-6,8H2,1H3,(H,18,19). The summed E-state index contributed by atoms with van der Waals surface area (Å²) in [4.78, 5) is 28.5. The van der Waals surface area contributed by atoms with Crippen molar-refractivity contribution >= 4 is 23.2 Å². The van der Waals surface area contributed by atoms with Crippen molar-refractivity contribution in [2.24, 2.45) is 0 Å². The Labute approximate surface area is 125 Å². The number of carboxylic acids is 1. The Hall–Kier alpha value is -2.22. The Bertz CT molecular complexity index is 609. The van der Waals surface area contributed by atoms with Crippen LogP contribution < -0.4 is 0 Å². The minimum absolute atomic E-state index is 0.213. The molecule has 21 heavy (non-hydrogen) atoms. The first-order valence-corrected chi connectivity index (χ1v) is 7.26. The molecule has 0 aliphatic rings. The van der Waals surface area contributed by atoms with Gasteiger partial charge in [0.1, 0.15) is 6.54 Å². The molecular weight excluding hydrogens is 294 g/mol. The number of hydrogen-bond donors (Lipinski definition) is 1. The zero-order valence-corrected chi connectivity index (χ0v) is 12.3. The van der Waals surface area contributed by atoms with E-state index in [0.29, 0.717) is 24.6 Å². The molecule has 0 aliphatic heterocycles. The molecule has 8 heteroatoms. The Balaban J connectivity index is 1.79. The van der Waals surface area contributed by atoms with Crippen molar-refractivity contribution in [1.82, 2.24) is 15.0 Å². The molecule has 0 radical (unpaired) electrons. The fourth-order valence-corrected chi connectivity index (χ4v) is 2.38. The number of rotatable bonds is 7. The summed E-state index contributed by atoms with van der Waals surface area (Å²) >= 11 is 1.53. The van der Waals surface area contributed by atoms with Crippen LogP contribution in [-0.2, 0) is 16.0 Å². The molecule has 0 atom stereocenters. The van der Waals surface area contributed by atoms with Crippen molar-refractivity contribution in [3.63, 3.8) is 0 Å². The molecule has 0 unspecified atom stereocenters. The number of carbonyl (C=O) groups is 2. The molecule has 0 aromatic carbocycles. The number of hydrogen-bond acceptors (Lipinski definition) is 6. The summed E-state index contributed by atoms with van der Waals surface area (Å²) in [6, 6.07) is 3.82. The number of aryl methyl sites for hydroxylation is 1. The SMILES string of the molecule is CN(CC(=O)O)C(=O)CCCc1nc(-c2cccs2)no1. The minimum atomic E-state index is -1.02. The first-order chi connectivity index (χ1) is 10.1. The number of aliphatic carboxylic acids is 1. The first-order valence-electron chi connectivity index (χ1n) is 6.38. The normalized spacial score (nSPS) is 10.5. The molecule has 1 amide bonds. The van der Waals surface area contributed by atoms with E-state index in [1.54, 1.807) is 0 Å². The fraction of sp³-hybridized carbons (Fsp3) is 0.385. The number of thiophene rings is 1. The second-order valence-electron chi connectivity index (χ2n) is 4.49. The summed E-state index contributed by atoms with van der Waals surface area (Å²) < 4.78 is 5.12. The lowest BCUT2D eigenvalue weighted by Crippen LogP contribution is -2.31. The molecule has 0 bridgehead atoms. The largest absolute Gasteiger partial charge is 0.480 e. The van der Waals surface area contributed by atoms with Gasteiger partial charge in [-0.2, -0.15) is 4.98 Å². The molecule has 0 saturated carbocycles. The number of carbonyl (C=O) groups excluding carboxylic acids is 1. The summed E-state index contributed by atoms with van der Waals surface area (Å²) in [5.41, 5.74) is 0. The van der Waals surface area contributed by atoms with Crippen molar-refractivity contribution in [1.29, 1.82) is 0 Å². The molecule has 112 valence electrons. The van der Waals surface area contributed by atoms with Crippen molar-refractivity contribution in [2.45, 2.75) is 19.3 Å². The summed E-state index contributed by atoms with van der Waals surface area (Å²) in [7, 11) is 1.47. The third kappa shape index (κ3) is 4.38. The highest BCUT2D eigenvalue weighted by Gasteiger charge is 2.13. The molecule has 2 aromatic rings. The fourth-order valence-electron chi connectivity index (χ4n) is 1.74. The first kappa shape index (κ1) is 15.2. The summed E-state index contributed by atoms with van der Waals surface area (Å²) in [6.45, 7) is -0.290. The maximum absolute atomic E-state index is 11.7. The van der Waals surface area contributed by atoms with E-state index in [-0.39, 0.29) is 18.9 Å². The van der Waals surface area contributed by atoms with Gasteiger partial charge < -0.3 is 14.5 Å². The van der Waals surface area contributed by atoms with E-state index in [1.807, 2.05) is 17.5 Å². The average Bonchev–Trinajstić information content (AvgIpc) is 3.08. The zero-order chi connectivity index (χ0) is 15.2.